The molecule has 1 fully saturated rings. The van der Waals surface area contributed by atoms with Crippen LogP contribution in [-0.4, -0.2) is 41.5 Å². The molecule has 0 spiro atoms. The van der Waals surface area contributed by atoms with Gasteiger partial charge in [0.2, 0.25) is 0 Å². The van der Waals surface area contributed by atoms with Gasteiger partial charge >= 0.3 is 6.03 Å². The Hall–Kier alpha value is -1.27. The predicted molar refractivity (Wildman–Crippen MR) is 69.4 cm³/mol. The maximum atomic E-state index is 13.5. The lowest BCUT2D eigenvalue weighted by molar-refractivity contribution is 0.176. The third-order valence-corrected chi connectivity index (χ3v) is 3.62. The number of β-amino-alcohol motifs (C(OH)–C–C–N with tert-alkyl or cyclic N) is 1. The van der Waals surface area contributed by atoms with E-state index in [2.05, 4.69) is 5.32 Å². The minimum atomic E-state index is -0.452. The highest BCUT2D eigenvalue weighted by Gasteiger charge is 2.24. The van der Waals surface area contributed by atoms with E-state index in [0.29, 0.717) is 30.1 Å². The summed E-state index contributed by atoms with van der Waals surface area (Å²) in [5.41, 5.74) is 0.427. The van der Waals surface area contributed by atoms with Crippen molar-refractivity contribution in [3.05, 3.63) is 24.0 Å². The highest BCUT2D eigenvalue weighted by Crippen LogP contribution is 2.22. The van der Waals surface area contributed by atoms with Crippen LogP contribution in [-0.2, 0) is 0 Å². The Bertz CT molecular complexity index is 456. The van der Waals surface area contributed by atoms with Gasteiger partial charge in [-0.1, -0.05) is 0 Å². The second-order valence-electron chi connectivity index (χ2n) is 4.17. The van der Waals surface area contributed by atoms with E-state index in [1.807, 2.05) is 0 Å². The number of aliphatic hydroxyl groups is 1. The zero-order valence-electron chi connectivity index (χ0n) is 10.0. The van der Waals surface area contributed by atoms with Gasteiger partial charge in [0.15, 0.2) is 0 Å². The molecular weight excluding hydrogens is 255 g/mol. The SMILES string of the molecule is CSc1ccc(NC(=O)N2CC[C@H](O)C2)cc1F. The Balaban J connectivity index is 2.01. The van der Waals surface area contributed by atoms with E-state index in [9.17, 15) is 14.3 Å². The highest BCUT2D eigenvalue weighted by atomic mass is 32.2. The van der Waals surface area contributed by atoms with E-state index in [-0.39, 0.29) is 11.8 Å². The molecule has 98 valence electrons. The molecule has 1 aromatic carbocycles. The van der Waals surface area contributed by atoms with Crippen LogP contribution in [0, 0.1) is 5.82 Å². The van der Waals surface area contributed by atoms with E-state index >= 15 is 0 Å². The number of hydrogen-bond acceptors (Lipinski definition) is 3. The number of carbonyl (C=O) groups is 1. The molecule has 0 bridgehead atoms. The van der Waals surface area contributed by atoms with Gasteiger partial charge in [-0.05, 0) is 30.9 Å². The molecule has 2 rings (SSSR count). The molecule has 0 saturated carbocycles. The van der Waals surface area contributed by atoms with E-state index in [0.717, 1.165) is 0 Å². The lowest BCUT2D eigenvalue weighted by Gasteiger charge is -2.16. The van der Waals surface area contributed by atoms with Gasteiger partial charge < -0.3 is 15.3 Å². The standard InChI is InChI=1S/C12H15FN2O2S/c1-18-11-3-2-8(6-10(11)13)14-12(17)15-5-4-9(16)7-15/h2-3,6,9,16H,4-5,7H2,1H3,(H,14,17)/t9-/m0/s1. The Kier molecular flexibility index (Phi) is 4.08. The molecule has 2 amide bonds. The molecule has 1 saturated heterocycles. The minimum Gasteiger partial charge on any atom is -0.391 e. The van der Waals surface area contributed by atoms with Crippen LogP contribution in [0.15, 0.2) is 23.1 Å². The number of anilines is 1. The fourth-order valence-corrected chi connectivity index (χ4v) is 2.33. The number of likely N-dealkylation sites (tertiary alicyclic amines) is 1. The summed E-state index contributed by atoms with van der Waals surface area (Å²) in [6, 6.07) is 4.30. The molecule has 1 aliphatic rings. The number of rotatable bonds is 2. The maximum absolute atomic E-state index is 13.5. The van der Waals surface area contributed by atoms with Crippen LogP contribution in [0.25, 0.3) is 0 Å². The predicted octanol–water partition coefficient (Wildman–Crippen LogP) is 2.15. The first-order chi connectivity index (χ1) is 8.60. The first-order valence-corrected chi connectivity index (χ1v) is 6.90. The van der Waals surface area contributed by atoms with E-state index in [1.54, 1.807) is 18.4 Å². The van der Waals surface area contributed by atoms with Crippen LogP contribution in [0.3, 0.4) is 0 Å². The summed E-state index contributed by atoms with van der Waals surface area (Å²) in [6.45, 7) is 0.857. The fourth-order valence-electron chi connectivity index (χ4n) is 1.87. The smallest absolute Gasteiger partial charge is 0.321 e. The van der Waals surface area contributed by atoms with Gasteiger partial charge in [0.25, 0.3) is 0 Å². The quantitative estimate of drug-likeness (QED) is 0.810. The van der Waals surface area contributed by atoms with Crippen molar-refractivity contribution < 1.29 is 14.3 Å². The van der Waals surface area contributed by atoms with Crippen molar-refractivity contribution in [3.8, 4) is 0 Å². The van der Waals surface area contributed by atoms with Crippen LogP contribution in [0.1, 0.15) is 6.42 Å². The van der Waals surface area contributed by atoms with Crippen molar-refractivity contribution in [2.75, 3.05) is 24.7 Å². The van der Waals surface area contributed by atoms with Crippen molar-refractivity contribution in [1.29, 1.82) is 0 Å². The first kappa shape index (κ1) is 13.2. The third kappa shape index (κ3) is 2.94. The molecule has 0 unspecified atom stereocenters. The van der Waals surface area contributed by atoms with Gasteiger partial charge in [0.1, 0.15) is 5.82 Å². The Morgan fingerprint density at radius 3 is 2.94 bits per heavy atom. The van der Waals surface area contributed by atoms with Gasteiger partial charge in [-0.2, -0.15) is 0 Å². The molecule has 1 aromatic rings. The summed E-state index contributed by atoms with van der Waals surface area (Å²) < 4.78 is 13.5. The van der Waals surface area contributed by atoms with Crippen LogP contribution < -0.4 is 5.32 Å². The number of thioether (sulfide) groups is 1. The summed E-state index contributed by atoms with van der Waals surface area (Å²) in [5, 5.41) is 12.0. The molecule has 6 heteroatoms. The largest absolute Gasteiger partial charge is 0.391 e. The summed E-state index contributed by atoms with van der Waals surface area (Å²) in [4.78, 5) is 13.9. The normalized spacial score (nSPS) is 19.1. The summed E-state index contributed by atoms with van der Waals surface area (Å²) in [6.07, 6.45) is 1.93. The number of nitrogens with one attached hydrogen (secondary N) is 1. The molecule has 18 heavy (non-hydrogen) atoms. The number of carbonyl (C=O) groups excluding carboxylic acids is 1. The van der Waals surface area contributed by atoms with Crippen LogP contribution >= 0.6 is 11.8 Å². The van der Waals surface area contributed by atoms with Gasteiger partial charge in [-0.3, -0.25) is 0 Å². The van der Waals surface area contributed by atoms with Crippen molar-refractivity contribution in [2.24, 2.45) is 0 Å². The second kappa shape index (κ2) is 5.58. The fraction of sp³-hybridized carbons (Fsp3) is 0.417. The Labute approximate surface area is 109 Å². The van der Waals surface area contributed by atoms with Gasteiger partial charge in [-0.15, -0.1) is 11.8 Å². The zero-order valence-corrected chi connectivity index (χ0v) is 10.8. The molecule has 0 aromatic heterocycles. The Morgan fingerprint density at radius 1 is 1.61 bits per heavy atom. The molecule has 0 aliphatic carbocycles. The zero-order chi connectivity index (χ0) is 13.1. The number of aliphatic hydroxyl groups excluding tert-OH is 1. The first-order valence-electron chi connectivity index (χ1n) is 5.67. The molecule has 4 nitrogen and oxygen atoms in total. The topological polar surface area (TPSA) is 52.6 Å². The van der Waals surface area contributed by atoms with Crippen molar-refractivity contribution in [3.63, 3.8) is 0 Å². The number of amides is 2. The number of hydrogen-bond donors (Lipinski definition) is 2. The summed E-state index contributed by atoms with van der Waals surface area (Å²) in [7, 11) is 0. The van der Waals surface area contributed by atoms with Crippen molar-refractivity contribution >= 4 is 23.5 Å². The monoisotopic (exact) mass is 270 g/mol. The van der Waals surface area contributed by atoms with Gasteiger partial charge in [-0.25, -0.2) is 9.18 Å². The second-order valence-corrected chi connectivity index (χ2v) is 5.02. The molecule has 1 atom stereocenters. The third-order valence-electron chi connectivity index (χ3n) is 2.85. The number of urea groups is 1. The Morgan fingerprint density at radius 2 is 2.39 bits per heavy atom. The van der Waals surface area contributed by atoms with Crippen molar-refractivity contribution in [2.45, 2.75) is 17.4 Å². The number of benzene rings is 1. The molecule has 1 aliphatic heterocycles. The molecule has 2 N–H and O–H groups in total. The lowest BCUT2D eigenvalue weighted by atomic mass is 10.3. The maximum Gasteiger partial charge on any atom is 0.321 e. The van der Waals surface area contributed by atoms with Crippen LogP contribution in [0.5, 0.6) is 0 Å². The van der Waals surface area contributed by atoms with Crippen molar-refractivity contribution in [1.82, 2.24) is 4.90 Å². The van der Waals surface area contributed by atoms with Gasteiger partial charge in [0, 0.05) is 23.7 Å². The molecular formula is C12H15FN2O2S. The average Bonchev–Trinajstić information content (AvgIpc) is 2.76. The molecule has 1 heterocycles. The number of nitrogens with zero attached hydrogens (tertiary/aromatic N) is 1. The van der Waals surface area contributed by atoms with Crippen LogP contribution in [0.2, 0.25) is 0 Å². The number of halogens is 1. The van der Waals surface area contributed by atoms with E-state index in [4.69, 9.17) is 0 Å². The molecule has 0 radical (unpaired) electrons. The average molecular weight is 270 g/mol. The van der Waals surface area contributed by atoms with E-state index < -0.39 is 6.10 Å². The van der Waals surface area contributed by atoms with E-state index in [1.165, 1.54) is 22.7 Å². The summed E-state index contributed by atoms with van der Waals surface area (Å²) >= 11 is 1.32. The highest BCUT2D eigenvalue weighted by molar-refractivity contribution is 7.98. The lowest BCUT2D eigenvalue weighted by Crippen LogP contribution is -2.33. The summed E-state index contributed by atoms with van der Waals surface area (Å²) in [5.74, 6) is -0.346. The van der Waals surface area contributed by atoms with Crippen LogP contribution in [0.4, 0.5) is 14.9 Å². The minimum absolute atomic E-state index is 0.303. The van der Waals surface area contributed by atoms with Gasteiger partial charge in [0.05, 0.1) is 6.10 Å².